The Kier molecular flexibility index (Phi) is 7.49. The van der Waals surface area contributed by atoms with Gasteiger partial charge in [0.1, 0.15) is 0 Å². The van der Waals surface area contributed by atoms with Crippen molar-refractivity contribution in [2.24, 2.45) is 0 Å². The fraction of sp³-hybridized carbons (Fsp3) is 0.647. The summed E-state index contributed by atoms with van der Waals surface area (Å²) in [6.45, 7) is 5.04. The standard InChI is InChI=1S/C17H26N2.2ClH/c1-18-14-10-17(11-15-18,16-8-4-2-5-9-16)19-12-6-3-7-13-19;;/h2,4-5,8-9H,3,6-7,10-15H2,1H3;2*1H. The lowest BCUT2D eigenvalue weighted by Crippen LogP contribution is -2.54. The molecule has 21 heavy (non-hydrogen) atoms. The average Bonchev–Trinajstić information content (AvgIpc) is 2.50. The third-order valence-corrected chi connectivity index (χ3v) is 5.09. The summed E-state index contributed by atoms with van der Waals surface area (Å²) in [4.78, 5) is 5.27. The van der Waals surface area contributed by atoms with Crippen LogP contribution in [0.1, 0.15) is 37.7 Å². The maximum atomic E-state index is 2.79. The minimum atomic E-state index is 0. The quantitative estimate of drug-likeness (QED) is 0.810. The second-order valence-corrected chi connectivity index (χ2v) is 6.25. The lowest BCUT2D eigenvalue weighted by Gasteiger charge is -2.50. The molecule has 3 rings (SSSR count). The second kappa shape index (κ2) is 8.38. The summed E-state index contributed by atoms with van der Waals surface area (Å²) in [5.41, 5.74) is 1.86. The predicted octanol–water partition coefficient (Wildman–Crippen LogP) is 3.94. The molecule has 0 aliphatic carbocycles. The molecule has 2 saturated heterocycles. The molecule has 1 aromatic rings. The van der Waals surface area contributed by atoms with Crippen molar-refractivity contribution >= 4 is 24.8 Å². The zero-order chi connectivity index (χ0) is 13.1. The molecule has 0 saturated carbocycles. The van der Waals surface area contributed by atoms with Crippen molar-refractivity contribution in [2.45, 2.75) is 37.6 Å². The van der Waals surface area contributed by atoms with Gasteiger partial charge in [-0.2, -0.15) is 0 Å². The number of benzene rings is 1. The molecule has 0 spiro atoms. The van der Waals surface area contributed by atoms with Gasteiger partial charge in [0.2, 0.25) is 0 Å². The fourth-order valence-corrected chi connectivity index (χ4v) is 3.85. The molecule has 0 amide bonds. The van der Waals surface area contributed by atoms with Crippen molar-refractivity contribution in [3.8, 4) is 0 Å². The van der Waals surface area contributed by atoms with Crippen molar-refractivity contribution in [1.82, 2.24) is 9.80 Å². The molecule has 4 heteroatoms. The highest BCUT2D eigenvalue weighted by atomic mass is 35.5. The molecule has 2 aliphatic heterocycles. The Morgan fingerprint density at radius 2 is 1.38 bits per heavy atom. The van der Waals surface area contributed by atoms with Crippen LogP contribution in [0, 0.1) is 0 Å². The van der Waals surface area contributed by atoms with E-state index < -0.39 is 0 Å². The molecular weight excluding hydrogens is 303 g/mol. The van der Waals surface area contributed by atoms with E-state index in [2.05, 4.69) is 47.2 Å². The van der Waals surface area contributed by atoms with Crippen molar-refractivity contribution in [3.05, 3.63) is 35.9 Å². The van der Waals surface area contributed by atoms with E-state index in [-0.39, 0.29) is 24.8 Å². The summed E-state index contributed by atoms with van der Waals surface area (Å²) in [6.07, 6.45) is 6.75. The minimum Gasteiger partial charge on any atom is -0.306 e. The van der Waals surface area contributed by atoms with Crippen LogP contribution in [0.3, 0.4) is 0 Å². The Morgan fingerprint density at radius 1 is 0.810 bits per heavy atom. The number of nitrogens with zero attached hydrogens (tertiary/aromatic N) is 2. The van der Waals surface area contributed by atoms with Gasteiger partial charge in [-0.25, -0.2) is 0 Å². The largest absolute Gasteiger partial charge is 0.306 e. The van der Waals surface area contributed by atoms with E-state index in [1.807, 2.05) is 0 Å². The Hall–Kier alpha value is -0.280. The van der Waals surface area contributed by atoms with Gasteiger partial charge in [0.05, 0.1) is 0 Å². The number of hydrogen-bond donors (Lipinski definition) is 0. The third kappa shape index (κ3) is 3.92. The van der Waals surface area contributed by atoms with E-state index in [1.165, 1.54) is 58.3 Å². The van der Waals surface area contributed by atoms with Gasteiger partial charge >= 0.3 is 0 Å². The first-order valence-electron chi connectivity index (χ1n) is 7.80. The highest BCUT2D eigenvalue weighted by molar-refractivity contribution is 5.85. The number of rotatable bonds is 2. The Morgan fingerprint density at radius 3 is 1.95 bits per heavy atom. The summed E-state index contributed by atoms with van der Waals surface area (Å²) >= 11 is 0. The number of hydrogen-bond acceptors (Lipinski definition) is 2. The summed E-state index contributed by atoms with van der Waals surface area (Å²) in [5.74, 6) is 0. The lowest BCUT2D eigenvalue weighted by molar-refractivity contribution is 0.0106. The maximum absolute atomic E-state index is 2.79. The first-order valence-corrected chi connectivity index (χ1v) is 7.80. The molecule has 0 atom stereocenters. The first-order chi connectivity index (χ1) is 9.31. The number of halogens is 2. The molecule has 0 radical (unpaired) electrons. The molecule has 1 aromatic carbocycles. The summed E-state index contributed by atoms with van der Waals surface area (Å²) < 4.78 is 0. The molecule has 2 aliphatic rings. The van der Waals surface area contributed by atoms with Crippen molar-refractivity contribution < 1.29 is 0 Å². The van der Waals surface area contributed by atoms with Gasteiger partial charge < -0.3 is 4.90 Å². The SMILES string of the molecule is CN1CCC(c2ccccc2)(N2CCCCC2)CC1.Cl.Cl. The molecule has 0 unspecified atom stereocenters. The summed E-state index contributed by atoms with van der Waals surface area (Å²) in [7, 11) is 2.26. The average molecular weight is 331 g/mol. The second-order valence-electron chi connectivity index (χ2n) is 6.25. The predicted molar refractivity (Wildman–Crippen MR) is 94.8 cm³/mol. The summed E-state index contributed by atoms with van der Waals surface area (Å²) in [5, 5.41) is 0. The monoisotopic (exact) mass is 330 g/mol. The van der Waals surface area contributed by atoms with Gasteiger partial charge in [0.15, 0.2) is 0 Å². The third-order valence-electron chi connectivity index (χ3n) is 5.09. The van der Waals surface area contributed by atoms with Crippen molar-refractivity contribution in [1.29, 1.82) is 0 Å². The van der Waals surface area contributed by atoms with Crippen LogP contribution in [0.2, 0.25) is 0 Å². The maximum Gasteiger partial charge on any atom is 0.0484 e. The van der Waals surface area contributed by atoms with Crippen LogP contribution in [0.4, 0.5) is 0 Å². The molecular formula is C17H28Cl2N2. The van der Waals surface area contributed by atoms with Crippen LogP contribution < -0.4 is 0 Å². The fourth-order valence-electron chi connectivity index (χ4n) is 3.85. The molecule has 0 aromatic heterocycles. The van der Waals surface area contributed by atoms with E-state index in [4.69, 9.17) is 0 Å². The van der Waals surface area contributed by atoms with Crippen LogP contribution in [-0.4, -0.2) is 43.0 Å². The van der Waals surface area contributed by atoms with Gasteiger partial charge in [0.25, 0.3) is 0 Å². The smallest absolute Gasteiger partial charge is 0.0484 e. The van der Waals surface area contributed by atoms with Crippen LogP contribution >= 0.6 is 24.8 Å². The van der Waals surface area contributed by atoms with E-state index in [0.717, 1.165) is 0 Å². The highest BCUT2D eigenvalue weighted by Gasteiger charge is 2.40. The number of likely N-dealkylation sites (tertiary alicyclic amines) is 2. The normalized spacial score (nSPS) is 22.9. The Labute approximate surface area is 141 Å². The van der Waals surface area contributed by atoms with Gasteiger partial charge in [0, 0.05) is 5.54 Å². The van der Waals surface area contributed by atoms with Gasteiger partial charge in [-0.15, -0.1) is 24.8 Å². The van der Waals surface area contributed by atoms with Crippen molar-refractivity contribution in [3.63, 3.8) is 0 Å². The molecule has 2 fully saturated rings. The molecule has 2 heterocycles. The van der Waals surface area contributed by atoms with Gasteiger partial charge in [-0.05, 0) is 64.5 Å². The van der Waals surface area contributed by atoms with Crippen molar-refractivity contribution in [2.75, 3.05) is 33.2 Å². The van der Waals surface area contributed by atoms with Crippen LogP contribution in [0.5, 0.6) is 0 Å². The van der Waals surface area contributed by atoms with Gasteiger partial charge in [-0.1, -0.05) is 36.8 Å². The summed E-state index contributed by atoms with van der Waals surface area (Å²) in [6, 6.07) is 11.3. The van der Waals surface area contributed by atoms with E-state index in [1.54, 1.807) is 5.56 Å². The molecule has 0 N–H and O–H groups in total. The van der Waals surface area contributed by atoms with E-state index in [0.29, 0.717) is 5.54 Å². The Balaban J connectivity index is 0.00000110. The zero-order valence-corrected chi connectivity index (χ0v) is 14.6. The Bertz CT molecular complexity index is 397. The zero-order valence-electron chi connectivity index (χ0n) is 13.0. The topological polar surface area (TPSA) is 6.48 Å². The molecule has 0 bridgehead atoms. The first kappa shape index (κ1) is 18.8. The minimum absolute atomic E-state index is 0. The van der Waals surface area contributed by atoms with E-state index in [9.17, 15) is 0 Å². The molecule has 120 valence electrons. The van der Waals surface area contributed by atoms with E-state index >= 15 is 0 Å². The van der Waals surface area contributed by atoms with Crippen LogP contribution in [-0.2, 0) is 5.54 Å². The lowest BCUT2D eigenvalue weighted by atomic mass is 9.78. The number of piperidine rings is 2. The van der Waals surface area contributed by atoms with Crippen LogP contribution in [0.15, 0.2) is 30.3 Å². The highest BCUT2D eigenvalue weighted by Crippen LogP contribution is 2.40. The molecule has 2 nitrogen and oxygen atoms in total. The van der Waals surface area contributed by atoms with Gasteiger partial charge in [-0.3, -0.25) is 4.90 Å². The van der Waals surface area contributed by atoms with Crippen LogP contribution in [0.25, 0.3) is 0 Å².